The van der Waals surface area contributed by atoms with Crippen molar-refractivity contribution in [3.8, 4) is 17.2 Å². The monoisotopic (exact) mass is 299 g/mol. The molecule has 0 fully saturated rings. The second kappa shape index (κ2) is 5.97. The van der Waals surface area contributed by atoms with Crippen LogP contribution in [0.2, 0.25) is 0 Å². The van der Waals surface area contributed by atoms with Crippen LogP contribution in [0, 0.1) is 6.92 Å². The number of nitrogens with two attached hydrogens (primary N) is 1. The molecule has 1 atom stereocenters. The van der Waals surface area contributed by atoms with Gasteiger partial charge in [0.1, 0.15) is 19.0 Å². The molecule has 1 aliphatic heterocycles. The average Bonchev–Trinajstić information content (AvgIpc) is 2.52. The second-order valence-electron chi connectivity index (χ2n) is 5.21. The SMILES string of the molecule is Cc1cccc(COc2ccc3c(c2)O[C@@H](C(N)=O)CO3)c1. The van der Waals surface area contributed by atoms with Crippen LogP contribution >= 0.6 is 0 Å². The molecule has 5 heteroatoms. The molecular weight excluding hydrogens is 282 g/mol. The van der Waals surface area contributed by atoms with Crippen molar-refractivity contribution in [1.82, 2.24) is 0 Å². The van der Waals surface area contributed by atoms with Crippen LogP contribution in [0.3, 0.4) is 0 Å². The summed E-state index contributed by atoms with van der Waals surface area (Å²) in [6.07, 6.45) is -0.764. The highest BCUT2D eigenvalue weighted by molar-refractivity contribution is 5.79. The molecule has 0 unspecified atom stereocenters. The van der Waals surface area contributed by atoms with Gasteiger partial charge in [-0.15, -0.1) is 0 Å². The van der Waals surface area contributed by atoms with Crippen LogP contribution in [0.25, 0.3) is 0 Å². The zero-order valence-electron chi connectivity index (χ0n) is 12.2. The third-order valence-corrected chi connectivity index (χ3v) is 3.38. The highest BCUT2D eigenvalue weighted by Crippen LogP contribution is 2.35. The Labute approximate surface area is 128 Å². The van der Waals surface area contributed by atoms with Crippen LogP contribution < -0.4 is 19.9 Å². The van der Waals surface area contributed by atoms with E-state index in [1.54, 1.807) is 12.1 Å². The van der Waals surface area contributed by atoms with Crippen LogP contribution in [0.4, 0.5) is 0 Å². The van der Waals surface area contributed by atoms with Crippen LogP contribution in [-0.2, 0) is 11.4 Å². The molecule has 2 aromatic rings. The number of carbonyl (C=O) groups is 1. The number of fused-ring (bicyclic) bond motifs is 1. The van der Waals surface area contributed by atoms with E-state index in [2.05, 4.69) is 6.07 Å². The van der Waals surface area contributed by atoms with E-state index in [9.17, 15) is 4.79 Å². The number of ether oxygens (including phenoxy) is 3. The van der Waals surface area contributed by atoms with Gasteiger partial charge in [-0.2, -0.15) is 0 Å². The third kappa shape index (κ3) is 3.14. The Morgan fingerprint density at radius 3 is 2.91 bits per heavy atom. The maximum Gasteiger partial charge on any atom is 0.262 e. The normalized spacial score (nSPS) is 16.1. The Morgan fingerprint density at radius 2 is 2.14 bits per heavy atom. The highest BCUT2D eigenvalue weighted by atomic mass is 16.6. The molecule has 1 heterocycles. The molecule has 2 N–H and O–H groups in total. The zero-order valence-corrected chi connectivity index (χ0v) is 12.2. The van der Waals surface area contributed by atoms with Gasteiger partial charge < -0.3 is 19.9 Å². The molecule has 1 amide bonds. The number of hydrogen-bond donors (Lipinski definition) is 1. The summed E-state index contributed by atoms with van der Waals surface area (Å²) in [5, 5.41) is 0. The summed E-state index contributed by atoms with van der Waals surface area (Å²) in [5.41, 5.74) is 7.51. The molecular formula is C17H17NO4. The summed E-state index contributed by atoms with van der Waals surface area (Å²) in [5.74, 6) is 1.16. The van der Waals surface area contributed by atoms with E-state index in [0.717, 1.165) is 5.56 Å². The van der Waals surface area contributed by atoms with Gasteiger partial charge in [0.2, 0.25) is 6.10 Å². The fourth-order valence-electron chi connectivity index (χ4n) is 2.25. The summed E-state index contributed by atoms with van der Waals surface area (Å²) in [4.78, 5) is 11.2. The molecule has 1 aliphatic rings. The first-order valence-electron chi connectivity index (χ1n) is 7.03. The van der Waals surface area contributed by atoms with Gasteiger partial charge in [0.05, 0.1) is 0 Å². The largest absolute Gasteiger partial charge is 0.489 e. The van der Waals surface area contributed by atoms with Gasteiger partial charge in [-0.25, -0.2) is 0 Å². The second-order valence-corrected chi connectivity index (χ2v) is 5.21. The van der Waals surface area contributed by atoms with Crippen molar-refractivity contribution >= 4 is 5.91 Å². The van der Waals surface area contributed by atoms with Crippen molar-refractivity contribution in [1.29, 1.82) is 0 Å². The van der Waals surface area contributed by atoms with E-state index in [1.165, 1.54) is 5.56 Å². The Morgan fingerprint density at radius 1 is 1.27 bits per heavy atom. The lowest BCUT2D eigenvalue weighted by molar-refractivity contribution is -0.127. The molecule has 22 heavy (non-hydrogen) atoms. The standard InChI is InChI=1S/C17H17NO4/c1-11-3-2-4-12(7-11)9-20-13-5-6-14-15(8-13)22-16(10-21-14)17(18)19/h2-8,16H,9-10H2,1H3,(H2,18,19)/t16-/m1/s1. The Balaban J connectivity index is 1.71. The molecule has 0 saturated heterocycles. The first-order valence-corrected chi connectivity index (χ1v) is 7.03. The fourth-order valence-corrected chi connectivity index (χ4v) is 2.25. The van der Waals surface area contributed by atoms with E-state index in [0.29, 0.717) is 23.9 Å². The fraction of sp³-hybridized carbons (Fsp3) is 0.235. The number of benzene rings is 2. The first-order chi connectivity index (χ1) is 10.6. The van der Waals surface area contributed by atoms with Crippen LogP contribution in [0.5, 0.6) is 17.2 Å². The van der Waals surface area contributed by atoms with Gasteiger partial charge >= 0.3 is 0 Å². The minimum atomic E-state index is -0.764. The van der Waals surface area contributed by atoms with Crippen LogP contribution in [-0.4, -0.2) is 18.6 Å². The maximum absolute atomic E-state index is 11.2. The Bertz CT molecular complexity index is 699. The van der Waals surface area contributed by atoms with E-state index >= 15 is 0 Å². The molecule has 0 radical (unpaired) electrons. The molecule has 3 rings (SSSR count). The molecule has 0 spiro atoms. The number of hydrogen-bond acceptors (Lipinski definition) is 4. The number of carbonyl (C=O) groups excluding carboxylic acids is 1. The van der Waals surface area contributed by atoms with Gasteiger partial charge in [-0.1, -0.05) is 29.8 Å². The highest BCUT2D eigenvalue weighted by Gasteiger charge is 2.25. The smallest absolute Gasteiger partial charge is 0.262 e. The molecule has 0 bridgehead atoms. The number of aryl methyl sites for hydroxylation is 1. The first kappa shape index (κ1) is 14.3. The Kier molecular flexibility index (Phi) is 3.87. The van der Waals surface area contributed by atoms with Crippen molar-refractivity contribution in [3.05, 3.63) is 53.6 Å². The van der Waals surface area contributed by atoms with Gasteiger partial charge in [0.15, 0.2) is 11.5 Å². The average molecular weight is 299 g/mol. The van der Waals surface area contributed by atoms with Crippen molar-refractivity contribution in [2.75, 3.05) is 6.61 Å². The lowest BCUT2D eigenvalue weighted by Crippen LogP contribution is -2.40. The van der Waals surface area contributed by atoms with E-state index in [-0.39, 0.29) is 6.61 Å². The summed E-state index contributed by atoms with van der Waals surface area (Å²) < 4.78 is 16.7. The molecule has 0 aliphatic carbocycles. The topological polar surface area (TPSA) is 70.8 Å². The minimum absolute atomic E-state index is 0.131. The number of rotatable bonds is 4. The molecule has 2 aromatic carbocycles. The quantitative estimate of drug-likeness (QED) is 0.939. The van der Waals surface area contributed by atoms with E-state index < -0.39 is 12.0 Å². The van der Waals surface area contributed by atoms with Gasteiger partial charge in [0, 0.05) is 6.07 Å². The van der Waals surface area contributed by atoms with Crippen LogP contribution in [0.15, 0.2) is 42.5 Å². The molecule has 0 saturated carbocycles. The lowest BCUT2D eigenvalue weighted by Gasteiger charge is -2.24. The summed E-state index contributed by atoms with van der Waals surface area (Å²) >= 11 is 0. The van der Waals surface area contributed by atoms with Crippen molar-refractivity contribution in [2.45, 2.75) is 19.6 Å². The predicted octanol–water partition coefficient (Wildman–Crippen LogP) is 2.20. The number of primary amides is 1. The lowest BCUT2D eigenvalue weighted by atomic mass is 10.1. The van der Waals surface area contributed by atoms with Crippen LogP contribution in [0.1, 0.15) is 11.1 Å². The summed E-state index contributed by atoms with van der Waals surface area (Å²) in [6.45, 7) is 2.63. The molecule has 0 aromatic heterocycles. The molecule has 114 valence electrons. The van der Waals surface area contributed by atoms with Crippen molar-refractivity contribution in [3.63, 3.8) is 0 Å². The summed E-state index contributed by atoms with van der Waals surface area (Å²) in [6, 6.07) is 13.4. The van der Waals surface area contributed by atoms with Gasteiger partial charge in [-0.05, 0) is 24.6 Å². The maximum atomic E-state index is 11.2. The Hall–Kier alpha value is -2.69. The third-order valence-electron chi connectivity index (χ3n) is 3.38. The number of amides is 1. The predicted molar refractivity (Wildman–Crippen MR) is 81.1 cm³/mol. The summed E-state index contributed by atoms with van der Waals surface area (Å²) in [7, 11) is 0. The van der Waals surface area contributed by atoms with Crippen molar-refractivity contribution in [2.24, 2.45) is 5.73 Å². The van der Waals surface area contributed by atoms with Gasteiger partial charge in [0.25, 0.3) is 5.91 Å². The van der Waals surface area contributed by atoms with Gasteiger partial charge in [-0.3, -0.25) is 4.79 Å². The molecule has 5 nitrogen and oxygen atoms in total. The minimum Gasteiger partial charge on any atom is -0.489 e. The van der Waals surface area contributed by atoms with E-state index in [4.69, 9.17) is 19.9 Å². The van der Waals surface area contributed by atoms with E-state index in [1.807, 2.05) is 31.2 Å². The van der Waals surface area contributed by atoms with Crippen molar-refractivity contribution < 1.29 is 19.0 Å². The zero-order chi connectivity index (χ0) is 15.5.